The Bertz CT molecular complexity index is 511. The first kappa shape index (κ1) is 12.1. The largest absolute Gasteiger partial charge is 0.456 e. The maximum Gasteiger partial charge on any atom is 0.138 e. The normalized spacial score (nSPS) is 10.6. The number of benzene rings is 1. The maximum absolute atomic E-state index is 13.1. The quantitative estimate of drug-likeness (QED) is 0.900. The first-order valence-electron chi connectivity index (χ1n) is 5.23. The molecule has 0 spiro atoms. The molecule has 2 nitrogen and oxygen atoms in total. The molecule has 0 saturated heterocycles. The second-order valence-corrected chi connectivity index (χ2v) is 4.87. The lowest BCUT2D eigenvalue weighted by atomic mass is 10.1. The van der Waals surface area contributed by atoms with Crippen molar-refractivity contribution in [3.05, 3.63) is 45.4 Å². The summed E-state index contributed by atoms with van der Waals surface area (Å²) in [6.07, 6.45) is 0. The Balaban J connectivity index is 2.29. The SMILES string of the molecule is Cc1cc(F)cc(C)c1Oc1csc(CO)c1. The van der Waals surface area contributed by atoms with Crippen molar-refractivity contribution in [2.75, 3.05) is 0 Å². The van der Waals surface area contributed by atoms with Gasteiger partial charge in [-0.1, -0.05) is 0 Å². The second-order valence-electron chi connectivity index (χ2n) is 3.88. The van der Waals surface area contributed by atoms with Gasteiger partial charge in [0.1, 0.15) is 17.3 Å². The molecule has 0 bridgehead atoms. The minimum Gasteiger partial charge on any atom is -0.456 e. The van der Waals surface area contributed by atoms with Crippen LogP contribution in [0.25, 0.3) is 0 Å². The lowest BCUT2D eigenvalue weighted by Gasteiger charge is -2.10. The monoisotopic (exact) mass is 252 g/mol. The minimum absolute atomic E-state index is 0.00933. The molecule has 0 atom stereocenters. The number of aliphatic hydroxyl groups excluding tert-OH is 1. The molecule has 0 fully saturated rings. The summed E-state index contributed by atoms with van der Waals surface area (Å²) in [5.74, 6) is 1.10. The van der Waals surface area contributed by atoms with Crippen LogP contribution < -0.4 is 4.74 Å². The van der Waals surface area contributed by atoms with E-state index in [0.29, 0.717) is 11.5 Å². The van der Waals surface area contributed by atoms with E-state index in [9.17, 15) is 4.39 Å². The number of aliphatic hydroxyl groups is 1. The van der Waals surface area contributed by atoms with E-state index in [1.807, 2.05) is 19.2 Å². The lowest BCUT2D eigenvalue weighted by molar-refractivity contribution is 0.285. The first-order valence-corrected chi connectivity index (χ1v) is 6.11. The van der Waals surface area contributed by atoms with Crippen LogP contribution >= 0.6 is 11.3 Å². The van der Waals surface area contributed by atoms with E-state index >= 15 is 0 Å². The van der Waals surface area contributed by atoms with Crippen molar-refractivity contribution < 1.29 is 14.2 Å². The van der Waals surface area contributed by atoms with Crippen molar-refractivity contribution in [3.63, 3.8) is 0 Å². The van der Waals surface area contributed by atoms with E-state index in [2.05, 4.69) is 0 Å². The summed E-state index contributed by atoms with van der Waals surface area (Å²) < 4.78 is 18.8. The number of hydrogen-bond acceptors (Lipinski definition) is 3. The third-order valence-corrected chi connectivity index (χ3v) is 3.33. The summed E-state index contributed by atoms with van der Waals surface area (Å²) in [7, 11) is 0. The highest BCUT2D eigenvalue weighted by Gasteiger charge is 2.09. The summed E-state index contributed by atoms with van der Waals surface area (Å²) >= 11 is 1.43. The molecule has 4 heteroatoms. The van der Waals surface area contributed by atoms with Gasteiger partial charge in [0.2, 0.25) is 0 Å². The zero-order valence-electron chi connectivity index (χ0n) is 9.66. The van der Waals surface area contributed by atoms with Crippen molar-refractivity contribution in [1.82, 2.24) is 0 Å². The molecule has 0 unspecified atom stereocenters. The Morgan fingerprint density at radius 1 is 1.24 bits per heavy atom. The third kappa shape index (κ3) is 2.65. The minimum atomic E-state index is -0.256. The highest BCUT2D eigenvalue weighted by Crippen LogP contribution is 2.32. The molecule has 1 N–H and O–H groups in total. The Labute approximate surface area is 103 Å². The van der Waals surface area contributed by atoms with Crippen LogP contribution in [0.3, 0.4) is 0 Å². The van der Waals surface area contributed by atoms with Crippen molar-refractivity contribution in [1.29, 1.82) is 0 Å². The van der Waals surface area contributed by atoms with Crippen molar-refractivity contribution >= 4 is 11.3 Å². The van der Waals surface area contributed by atoms with Crippen LogP contribution in [0.15, 0.2) is 23.6 Å². The number of rotatable bonds is 3. The number of hydrogen-bond donors (Lipinski definition) is 1. The van der Waals surface area contributed by atoms with Gasteiger partial charge in [-0.05, 0) is 43.2 Å². The molecule has 0 amide bonds. The number of aryl methyl sites for hydroxylation is 2. The van der Waals surface area contributed by atoms with E-state index < -0.39 is 0 Å². The van der Waals surface area contributed by atoms with Crippen LogP contribution in [-0.2, 0) is 6.61 Å². The van der Waals surface area contributed by atoms with E-state index in [1.165, 1.54) is 23.5 Å². The van der Waals surface area contributed by atoms with E-state index in [0.717, 1.165) is 16.0 Å². The zero-order valence-corrected chi connectivity index (χ0v) is 10.5. The predicted molar refractivity (Wildman–Crippen MR) is 66.2 cm³/mol. The van der Waals surface area contributed by atoms with Crippen molar-refractivity contribution in [3.8, 4) is 11.5 Å². The smallest absolute Gasteiger partial charge is 0.138 e. The van der Waals surface area contributed by atoms with Crippen LogP contribution in [0.4, 0.5) is 4.39 Å². The predicted octanol–water partition coefficient (Wildman–Crippen LogP) is 3.79. The molecule has 1 aromatic heterocycles. The molecule has 0 saturated carbocycles. The molecular weight excluding hydrogens is 239 g/mol. The summed E-state index contributed by atoms with van der Waals surface area (Å²) in [5.41, 5.74) is 1.53. The topological polar surface area (TPSA) is 29.5 Å². The maximum atomic E-state index is 13.1. The van der Waals surface area contributed by atoms with Gasteiger partial charge in [-0.3, -0.25) is 0 Å². The van der Waals surface area contributed by atoms with Crippen LogP contribution in [0.5, 0.6) is 11.5 Å². The fourth-order valence-electron chi connectivity index (χ4n) is 1.67. The molecule has 0 aliphatic heterocycles. The van der Waals surface area contributed by atoms with Crippen molar-refractivity contribution in [2.24, 2.45) is 0 Å². The van der Waals surface area contributed by atoms with Crippen LogP contribution in [-0.4, -0.2) is 5.11 Å². The lowest BCUT2D eigenvalue weighted by Crippen LogP contribution is -1.91. The number of ether oxygens (including phenoxy) is 1. The fraction of sp³-hybridized carbons (Fsp3) is 0.231. The molecule has 17 heavy (non-hydrogen) atoms. The van der Waals surface area contributed by atoms with Gasteiger partial charge in [-0.15, -0.1) is 11.3 Å². The second kappa shape index (κ2) is 4.85. The summed E-state index contributed by atoms with van der Waals surface area (Å²) in [5, 5.41) is 10.8. The van der Waals surface area contributed by atoms with Gasteiger partial charge in [0.15, 0.2) is 0 Å². The van der Waals surface area contributed by atoms with Crippen LogP contribution in [0.1, 0.15) is 16.0 Å². The molecule has 2 rings (SSSR count). The summed E-state index contributed by atoms with van der Waals surface area (Å²) in [6.45, 7) is 3.63. The van der Waals surface area contributed by atoms with Gasteiger partial charge in [0.25, 0.3) is 0 Å². The molecule has 0 aliphatic rings. The Kier molecular flexibility index (Phi) is 3.45. The van der Waals surface area contributed by atoms with Gasteiger partial charge in [0, 0.05) is 10.3 Å². The average Bonchev–Trinajstić information content (AvgIpc) is 2.71. The molecule has 1 aromatic carbocycles. The highest BCUT2D eigenvalue weighted by molar-refractivity contribution is 7.10. The fourth-order valence-corrected chi connectivity index (χ4v) is 2.32. The Morgan fingerprint density at radius 2 is 1.88 bits per heavy atom. The van der Waals surface area contributed by atoms with E-state index in [4.69, 9.17) is 9.84 Å². The molecule has 2 aromatic rings. The molecule has 1 heterocycles. The first-order chi connectivity index (χ1) is 8.10. The van der Waals surface area contributed by atoms with Gasteiger partial charge in [-0.25, -0.2) is 4.39 Å². The van der Waals surface area contributed by atoms with Gasteiger partial charge >= 0.3 is 0 Å². The number of thiophene rings is 1. The van der Waals surface area contributed by atoms with Gasteiger partial charge in [0.05, 0.1) is 6.61 Å². The zero-order chi connectivity index (χ0) is 12.4. The van der Waals surface area contributed by atoms with Gasteiger partial charge < -0.3 is 9.84 Å². The average molecular weight is 252 g/mol. The Hall–Kier alpha value is -1.39. The Morgan fingerprint density at radius 3 is 2.41 bits per heavy atom. The summed E-state index contributed by atoms with van der Waals surface area (Å²) in [6, 6.07) is 4.68. The van der Waals surface area contributed by atoms with E-state index in [-0.39, 0.29) is 12.4 Å². The molecular formula is C13H13FO2S. The highest BCUT2D eigenvalue weighted by atomic mass is 32.1. The molecule has 0 radical (unpaired) electrons. The van der Waals surface area contributed by atoms with Crippen LogP contribution in [0, 0.1) is 19.7 Å². The molecule has 0 aliphatic carbocycles. The van der Waals surface area contributed by atoms with E-state index in [1.54, 1.807) is 6.07 Å². The summed E-state index contributed by atoms with van der Waals surface area (Å²) in [4.78, 5) is 0.845. The third-order valence-electron chi connectivity index (χ3n) is 2.43. The molecule has 90 valence electrons. The van der Waals surface area contributed by atoms with Gasteiger partial charge in [-0.2, -0.15) is 0 Å². The number of halogens is 1. The van der Waals surface area contributed by atoms with Crippen molar-refractivity contribution in [2.45, 2.75) is 20.5 Å². The van der Waals surface area contributed by atoms with Crippen LogP contribution in [0.2, 0.25) is 0 Å². The standard InChI is InChI=1S/C13H13FO2S/c1-8-3-10(14)4-9(2)13(8)16-11-5-12(6-15)17-7-11/h3-5,7,15H,6H2,1-2H3.